The highest BCUT2D eigenvalue weighted by Crippen LogP contribution is 2.47. The van der Waals surface area contributed by atoms with Gasteiger partial charge < -0.3 is 20.4 Å². The first-order chi connectivity index (χ1) is 20.5. The van der Waals surface area contributed by atoms with Crippen molar-refractivity contribution < 1.29 is 4.79 Å². The Kier molecular flexibility index (Phi) is 13.6. The van der Waals surface area contributed by atoms with Crippen LogP contribution >= 0.6 is 0 Å². The molecule has 1 atom stereocenters. The second-order valence-electron chi connectivity index (χ2n) is 13.9. The number of carbonyl (C=O) groups excluding carboxylic acids is 1. The first kappa shape index (κ1) is 33.4. The molecule has 1 aromatic carbocycles. The second-order valence-corrected chi connectivity index (χ2v) is 13.9. The van der Waals surface area contributed by atoms with Crippen molar-refractivity contribution in [2.45, 2.75) is 121 Å². The number of likely N-dealkylation sites (tertiary alicyclic amines) is 1. The number of amides is 1. The third-order valence-corrected chi connectivity index (χ3v) is 10.9. The SMILES string of the molecule is CNCCCCCCN1C(=O)C2(CCN(C3CCC(C(C)C)CC3)CC2)N(CCCCCCNC)[C@@H]1c1ccccc1. The average Bonchev–Trinajstić information content (AvgIpc) is 3.23. The van der Waals surface area contributed by atoms with Crippen LogP contribution in [0.25, 0.3) is 0 Å². The van der Waals surface area contributed by atoms with Crippen LogP contribution in [0.1, 0.15) is 115 Å². The van der Waals surface area contributed by atoms with E-state index in [4.69, 9.17) is 0 Å². The van der Waals surface area contributed by atoms with E-state index in [2.05, 4.69) is 69.5 Å². The van der Waals surface area contributed by atoms with Gasteiger partial charge in [-0.05, 0) is 109 Å². The molecule has 3 fully saturated rings. The minimum absolute atomic E-state index is 0.0707. The average molecular weight is 582 g/mol. The smallest absolute Gasteiger partial charge is 0.244 e. The van der Waals surface area contributed by atoms with Gasteiger partial charge in [0, 0.05) is 32.2 Å². The van der Waals surface area contributed by atoms with Gasteiger partial charge in [0.15, 0.2) is 0 Å². The number of rotatable bonds is 17. The summed E-state index contributed by atoms with van der Waals surface area (Å²) in [5, 5.41) is 6.56. The Hall–Kier alpha value is -1.47. The van der Waals surface area contributed by atoms with E-state index in [0.29, 0.717) is 11.9 Å². The van der Waals surface area contributed by atoms with Gasteiger partial charge in [-0.25, -0.2) is 0 Å². The van der Waals surface area contributed by atoms with Crippen molar-refractivity contribution in [3.8, 4) is 0 Å². The molecule has 6 heteroatoms. The Morgan fingerprint density at radius 1 is 0.786 bits per heavy atom. The van der Waals surface area contributed by atoms with E-state index in [9.17, 15) is 4.79 Å². The normalized spacial score (nSPS) is 25.2. The molecule has 2 heterocycles. The molecule has 42 heavy (non-hydrogen) atoms. The lowest BCUT2D eigenvalue weighted by Gasteiger charge is -2.47. The van der Waals surface area contributed by atoms with Crippen molar-refractivity contribution in [1.82, 2.24) is 25.3 Å². The number of benzene rings is 1. The van der Waals surface area contributed by atoms with Gasteiger partial charge in [0.2, 0.25) is 5.91 Å². The first-order valence-electron chi connectivity index (χ1n) is 17.7. The summed E-state index contributed by atoms with van der Waals surface area (Å²) in [5.41, 5.74) is 0.950. The molecule has 1 spiro atoms. The molecule has 1 aliphatic carbocycles. The molecule has 1 aromatic rings. The molecular formula is C36H63N5O. The molecule has 6 nitrogen and oxygen atoms in total. The van der Waals surface area contributed by atoms with Gasteiger partial charge in [0.05, 0.1) is 0 Å². The molecule has 0 radical (unpaired) electrons. The van der Waals surface area contributed by atoms with E-state index in [1.54, 1.807) is 0 Å². The molecule has 0 unspecified atom stereocenters. The molecule has 3 aliphatic rings. The molecule has 2 N–H and O–H groups in total. The van der Waals surface area contributed by atoms with Gasteiger partial charge >= 0.3 is 0 Å². The lowest BCUT2D eigenvalue weighted by atomic mass is 9.78. The summed E-state index contributed by atoms with van der Waals surface area (Å²) >= 11 is 0. The summed E-state index contributed by atoms with van der Waals surface area (Å²) in [6.45, 7) is 11.0. The first-order valence-corrected chi connectivity index (χ1v) is 17.7. The number of nitrogens with zero attached hydrogens (tertiary/aromatic N) is 3. The van der Waals surface area contributed by atoms with Crippen LogP contribution in [0.15, 0.2) is 30.3 Å². The van der Waals surface area contributed by atoms with E-state index in [1.165, 1.54) is 76.2 Å². The van der Waals surface area contributed by atoms with Gasteiger partial charge in [0.25, 0.3) is 0 Å². The maximum atomic E-state index is 14.7. The maximum Gasteiger partial charge on any atom is 0.244 e. The van der Waals surface area contributed by atoms with Crippen LogP contribution in [0, 0.1) is 11.8 Å². The Morgan fingerprint density at radius 3 is 1.93 bits per heavy atom. The molecule has 1 amide bonds. The fourth-order valence-corrected chi connectivity index (χ4v) is 8.22. The Bertz CT molecular complexity index is 891. The lowest BCUT2D eigenvalue weighted by Crippen LogP contribution is -2.58. The van der Waals surface area contributed by atoms with Crippen molar-refractivity contribution in [2.75, 3.05) is 53.4 Å². The molecular weight excluding hydrogens is 518 g/mol. The maximum absolute atomic E-state index is 14.7. The number of hydrogen-bond acceptors (Lipinski definition) is 5. The summed E-state index contributed by atoms with van der Waals surface area (Å²) in [7, 11) is 4.08. The Morgan fingerprint density at radius 2 is 1.36 bits per heavy atom. The van der Waals surface area contributed by atoms with Crippen molar-refractivity contribution in [2.24, 2.45) is 11.8 Å². The van der Waals surface area contributed by atoms with Crippen LogP contribution in [0.3, 0.4) is 0 Å². The zero-order chi connectivity index (χ0) is 29.8. The molecule has 0 aromatic heterocycles. The largest absolute Gasteiger partial charge is 0.321 e. The molecule has 4 rings (SSSR count). The number of nitrogens with one attached hydrogen (secondary N) is 2. The minimum atomic E-state index is -0.344. The quantitative estimate of drug-likeness (QED) is 0.208. The van der Waals surface area contributed by atoms with Crippen molar-refractivity contribution >= 4 is 5.91 Å². The van der Waals surface area contributed by atoms with E-state index in [0.717, 1.165) is 70.4 Å². The van der Waals surface area contributed by atoms with Crippen LogP contribution < -0.4 is 10.6 Å². The second kappa shape index (κ2) is 17.1. The summed E-state index contributed by atoms with van der Waals surface area (Å²) in [5.74, 6) is 2.13. The zero-order valence-corrected chi connectivity index (χ0v) is 27.6. The summed E-state index contributed by atoms with van der Waals surface area (Å²) < 4.78 is 0. The van der Waals surface area contributed by atoms with E-state index >= 15 is 0 Å². The van der Waals surface area contributed by atoms with E-state index in [-0.39, 0.29) is 11.7 Å². The number of unbranched alkanes of at least 4 members (excludes halogenated alkanes) is 6. The van der Waals surface area contributed by atoms with Crippen LogP contribution in [0.5, 0.6) is 0 Å². The number of hydrogen-bond donors (Lipinski definition) is 2. The third-order valence-electron chi connectivity index (χ3n) is 10.9. The topological polar surface area (TPSA) is 50.9 Å². The third kappa shape index (κ3) is 8.37. The summed E-state index contributed by atoms with van der Waals surface area (Å²) in [4.78, 5) is 22.4. The van der Waals surface area contributed by atoms with Gasteiger partial charge in [-0.15, -0.1) is 0 Å². The molecule has 0 bridgehead atoms. The summed E-state index contributed by atoms with van der Waals surface area (Å²) in [6.07, 6.45) is 17.1. The summed E-state index contributed by atoms with van der Waals surface area (Å²) in [6, 6.07) is 11.7. The van der Waals surface area contributed by atoms with Crippen LogP contribution in [0.4, 0.5) is 0 Å². The molecule has 2 aliphatic heterocycles. The predicted octanol–water partition coefficient (Wildman–Crippen LogP) is 6.44. The van der Waals surface area contributed by atoms with Gasteiger partial charge in [-0.2, -0.15) is 0 Å². The molecule has 2 saturated heterocycles. The van der Waals surface area contributed by atoms with Crippen LogP contribution in [0.2, 0.25) is 0 Å². The monoisotopic (exact) mass is 582 g/mol. The van der Waals surface area contributed by atoms with E-state index in [1.807, 2.05) is 14.1 Å². The van der Waals surface area contributed by atoms with Gasteiger partial charge in [0.1, 0.15) is 11.7 Å². The predicted molar refractivity (Wildman–Crippen MR) is 177 cm³/mol. The molecule has 1 saturated carbocycles. The van der Waals surface area contributed by atoms with Crippen molar-refractivity contribution in [1.29, 1.82) is 0 Å². The zero-order valence-electron chi connectivity index (χ0n) is 27.6. The minimum Gasteiger partial charge on any atom is -0.321 e. The fourth-order valence-electron chi connectivity index (χ4n) is 8.22. The lowest BCUT2D eigenvalue weighted by molar-refractivity contribution is -0.136. The highest BCUT2D eigenvalue weighted by atomic mass is 16.2. The fraction of sp³-hybridized carbons (Fsp3) is 0.806. The number of piperidine rings is 1. The van der Waals surface area contributed by atoms with Crippen LogP contribution in [-0.4, -0.2) is 85.6 Å². The van der Waals surface area contributed by atoms with Crippen LogP contribution in [-0.2, 0) is 4.79 Å². The highest BCUT2D eigenvalue weighted by Gasteiger charge is 2.58. The Labute approximate surface area is 258 Å². The van der Waals surface area contributed by atoms with Crippen molar-refractivity contribution in [3.63, 3.8) is 0 Å². The standard InChI is InChI=1S/C36H63N5O/c1-30(2)31-18-20-33(21-19-31)39-28-22-36(23-29-39)35(42)40(26-14-7-5-12-24-37-3)34(32-16-10-9-11-17-32)41(36)27-15-8-6-13-25-38-4/h9-11,16-17,30-31,33-34,37-38H,5-8,12-15,18-29H2,1-4H3/t31?,33?,34-/m1/s1. The highest BCUT2D eigenvalue weighted by molar-refractivity contribution is 5.89. The Balaban J connectivity index is 1.49. The van der Waals surface area contributed by atoms with Crippen molar-refractivity contribution in [3.05, 3.63) is 35.9 Å². The van der Waals surface area contributed by atoms with Gasteiger partial charge in [-0.1, -0.05) is 69.9 Å². The van der Waals surface area contributed by atoms with E-state index < -0.39 is 0 Å². The molecule has 238 valence electrons. The van der Waals surface area contributed by atoms with Gasteiger partial charge in [-0.3, -0.25) is 9.69 Å². The number of carbonyl (C=O) groups is 1.